The molecule has 1 aliphatic rings. The van der Waals surface area contributed by atoms with Gasteiger partial charge >= 0.3 is 0 Å². The SMILES string of the molecule is CNC(c1cccc2ncccc12)C1CCCC1. The number of fused-ring (bicyclic) bond motifs is 1. The summed E-state index contributed by atoms with van der Waals surface area (Å²) in [6.07, 6.45) is 7.33. The molecule has 2 nitrogen and oxygen atoms in total. The van der Waals surface area contributed by atoms with Crippen LogP contribution in [0.3, 0.4) is 0 Å². The molecule has 1 N–H and O–H groups in total. The maximum Gasteiger partial charge on any atom is 0.0705 e. The van der Waals surface area contributed by atoms with Crippen LogP contribution < -0.4 is 5.32 Å². The van der Waals surface area contributed by atoms with Crippen molar-refractivity contribution in [2.24, 2.45) is 5.92 Å². The third-order valence-electron chi connectivity index (χ3n) is 4.20. The highest BCUT2D eigenvalue weighted by Crippen LogP contribution is 2.37. The zero-order valence-corrected chi connectivity index (χ0v) is 10.9. The van der Waals surface area contributed by atoms with Crippen LogP contribution in [-0.4, -0.2) is 12.0 Å². The van der Waals surface area contributed by atoms with E-state index in [9.17, 15) is 0 Å². The molecule has 1 atom stereocenters. The van der Waals surface area contributed by atoms with Gasteiger partial charge in [-0.25, -0.2) is 0 Å². The minimum absolute atomic E-state index is 0.473. The van der Waals surface area contributed by atoms with E-state index in [0.717, 1.165) is 11.4 Å². The van der Waals surface area contributed by atoms with E-state index in [4.69, 9.17) is 0 Å². The van der Waals surface area contributed by atoms with Gasteiger partial charge in [0.25, 0.3) is 0 Å². The zero-order chi connectivity index (χ0) is 12.4. The Morgan fingerprint density at radius 1 is 1.17 bits per heavy atom. The predicted octanol–water partition coefficient (Wildman–Crippen LogP) is 3.69. The van der Waals surface area contributed by atoms with E-state index >= 15 is 0 Å². The van der Waals surface area contributed by atoms with E-state index in [2.05, 4.69) is 41.6 Å². The van der Waals surface area contributed by atoms with Crippen LogP contribution in [0.2, 0.25) is 0 Å². The highest BCUT2D eigenvalue weighted by atomic mass is 14.9. The fourth-order valence-electron chi connectivity index (χ4n) is 3.33. The lowest BCUT2D eigenvalue weighted by atomic mass is 9.89. The average molecular weight is 240 g/mol. The first-order chi connectivity index (χ1) is 8.90. The zero-order valence-electron chi connectivity index (χ0n) is 10.9. The number of benzene rings is 1. The Kier molecular flexibility index (Phi) is 3.28. The molecule has 1 saturated carbocycles. The van der Waals surface area contributed by atoms with Crippen LogP contribution in [0.5, 0.6) is 0 Å². The Morgan fingerprint density at radius 3 is 2.78 bits per heavy atom. The van der Waals surface area contributed by atoms with Gasteiger partial charge in [-0.1, -0.05) is 31.0 Å². The Labute approximate surface area is 108 Å². The van der Waals surface area contributed by atoms with Crippen LogP contribution in [0.15, 0.2) is 36.5 Å². The number of aromatic nitrogens is 1. The van der Waals surface area contributed by atoms with Gasteiger partial charge in [-0.3, -0.25) is 4.98 Å². The number of hydrogen-bond donors (Lipinski definition) is 1. The number of nitrogens with one attached hydrogen (secondary N) is 1. The Balaban J connectivity index is 2.06. The van der Waals surface area contributed by atoms with Crippen molar-refractivity contribution in [3.63, 3.8) is 0 Å². The second-order valence-corrected chi connectivity index (χ2v) is 5.23. The lowest BCUT2D eigenvalue weighted by Gasteiger charge is -2.24. The minimum atomic E-state index is 0.473. The van der Waals surface area contributed by atoms with Crippen LogP contribution in [0.4, 0.5) is 0 Å². The van der Waals surface area contributed by atoms with Crippen molar-refractivity contribution >= 4 is 10.9 Å². The molecule has 0 saturated heterocycles. The molecule has 0 aliphatic heterocycles. The summed E-state index contributed by atoms with van der Waals surface area (Å²) in [7, 11) is 2.08. The third kappa shape index (κ3) is 2.01. The molecule has 0 radical (unpaired) electrons. The molecule has 18 heavy (non-hydrogen) atoms. The summed E-state index contributed by atoms with van der Waals surface area (Å²) in [5, 5.41) is 4.82. The van der Waals surface area contributed by atoms with Gasteiger partial charge in [-0.05, 0) is 43.5 Å². The maximum absolute atomic E-state index is 4.46. The predicted molar refractivity (Wildman–Crippen MR) is 75.5 cm³/mol. The normalized spacial score (nSPS) is 18.3. The molecule has 2 aromatic rings. The number of pyridine rings is 1. The van der Waals surface area contributed by atoms with Crippen molar-refractivity contribution in [2.45, 2.75) is 31.7 Å². The smallest absolute Gasteiger partial charge is 0.0705 e. The van der Waals surface area contributed by atoms with Gasteiger partial charge in [0, 0.05) is 17.6 Å². The average Bonchev–Trinajstić information content (AvgIpc) is 2.94. The monoisotopic (exact) mass is 240 g/mol. The fraction of sp³-hybridized carbons (Fsp3) is 0.438. The molecule has 1 aromatic carbocycles. The first-order valence-corrected chi connectivity index (χ1v) is 6.91. The van der Waals surface area contributed by atoms with Crippen LogP contribution in [0.1, 0.15) is 37.3 Å². The molecular formula is C16H20N2. The van der Waals surface area contributed by atoms with E-state index in [-0.39, 0.29) is 0 Å². The molecule has 3 rings (SSSR count). The number of nitrogens with zero attached hydrogens (tertiary/aromatic N) is 1. The van der Waals surface area contributed by atoms with E-state index in [0.29, 0.717) is 6.04 Å². The van der Waals surface area contributed by atoms with Gasteiger partial charge in [0.1, 0.15) is 0 Å². The summed E-state index contributed by atoms with van der Waals surface area (Å²) in [6, 6.07) is 11.2. The molecule has 1 aliphatic carbocycles. The summed E-state index contributed by atoms with van der Waals surface area (Å²) < 4.78 is 0. The molecule has 0 spiro atoms. The molecule has 1 heterocycles. The Bertz CT molecular complexity index is 524. The molecule has 1 aromatic heterocycles. The van der Waals surface area contributed by atoms with Gasteiger partial charge in [0.15, 0.2) is 0 Å². The van der Waals surface area contributed by atoms with Gasteiger partial charge in [0.2, 0.25) is 0 Å². The van der Waals surface area contributed by atoms with Crippen molar-refractivity contribution in [2.75, 3.05) is 7.05 Å². The lowest BCUT2D eigenvalue weighted by molar-refractivity contribution is 0.392. The van der Waals surface area contributed by atoms with E-state index < -0.39 is 0 Å². The first-order valence-electron chi connectivity index (χ1n) is 6.91. The lowest BCUT2D eigenvalue weighted by Crippen LogP contribution is -2.23. The highest BCUT2D eigenvalue weighted by molar-refractivity contribution is 5.82. The second kappa shape index (κ2) is 5.07. The maximum atomic E-state index is 4.46. The summed E-state index contributed by atoms with van der Waals surface area (Å²) in [5.41, 5.74) is 2.52. The van der Waals surface area contributed by atoms with E-state index in [1.165, 1.54) is 36.6 Å². The molecule has 94 valence electrons. The van der Waals surface area contributed by atoms with Crippen LogP contribution >= 0.6 is 0 Å². The third-order valence-corrected chi connectivity index (χ3v) is 4.20. The first kappa shape index (κ1) is 11.7. The van der Waals surface area contributed by atoms with Crippen LogP contribution in [0, 0.1) is 5.92 Å². The van der Waals surface area contributed by atoms with Crippen molar-refractivity contribution in [1.29, 1.82) is 0 Å². The number of rotatable bonds is 3. The minimum Gasteiger partial charge on any atom is -0.313 e. The van der Waals surface area contributed by atoms with Gasteiger partial charge in [-0.15, -0.1) is 0 Å². The molecule has 2 heteroatoms. The van der Waals surface area contributed by atoms with Crippen molar-refractivity contribution in [3.05, 3.63) is 42.1 Å². The van der Waals surface area contributed by atoms with Gasteiger partial charge in [0.05, 0.1) is 5.52 Å². The summed E-state index contributed by atoms with van der Waals surface area (Å²) in [5.74, 6) is 0.779. The molecular weight excluding hydrogens is 220 g/mol. The highest BCUT2D eigenvalue weighted by Gasteiger charge is 2.26. The Morgan fingerprint density at radius 2 is 2.00 bits per heavy atom. The van der Waals surface area contributed by atoms with E-state index in [1.807, 2.05) is 12.3 Å². The molecule has 1 unspecified atom stereocenters. The summed E-state index contributed by atoms with van der Waals surface area (Å²) in [6.45, 7) is 0. The topological polar surface area (TPSA) is 24.9 Å². The van der Waals surface area contributed by atoms with Crippen molar-refractivity contribution in [1.82, 2.24) is 10.3 Å². The van der Waals surface area contributed by atoms with Gasteiger partial charge < -0.3 is 5.32 Å². The standard InChI is InChI=1S/C16H20N2/c1-17-16(12-6-2-3-7-12)14-8-4-10-15-13(14)9-5-11-18-15/h4-5,8-12,16-17H,2-3,6-7H2,1H3. The second-order valence-electron chi connectivity index (χ2n) is 5.23. The molecule has 1 fully saturated rings. The van der Waals surface area contributed by atoms with Crippen molar-refractivity contribution < 1.29 is 0 Å². The van der Waals surface area contributed by atoms with E-state index in [1.54, 1.807) is 0 Å². The number of hydrogen-bond acceptors (Lipinski definition) is 2. The van der Waals surface area contributed by atoms with Crippen LogP contribution in [-0.2, 0) is 0 Å². The molecule has 0 amide bonds. The van der Waals surface area contributed by atoms with Crippen LogP contribution in [0.25, 0.3) is 10.9 Å². The fourth-order valence-corrected chi connectivity index (χ4v) is 3.33. The summed E-state index contributed by atoms with van der Waals surface area (Å²) in [4.78, 5) is 4.46. The van der Waals surface area contributed by atoms with Gasteiger partial charge in [-0.2, -0.15) is 0 Å². The quantitative estimate of drug-likeness (QED) is 0.885. The Hall–Kier alpha value is -1.41. The molecule has 0 bridgehead atoms. The van der Waals surface area contributed by atoms with Crippen molar-refractivity contribution in [3.8, 4) is 0 Å². The largest absolute Gasteiger partial charge is 0.313 e. The summed E-state index contributed by atoms with van der Waals surface area (Å²) >= 11 is 0.